The van der Waals surface area contributed by atoms with E-state index in [-0.39, 0.29) is 6.42 Å². The van der Waals surface area contributed by atoms with Crippen LogP contribution in [0, 0.1) is 0 Å². The second-order valence-electron chi connectivity index (χ2n) is 1.49. The van der Waals surface area contributed by atoms with E-state index < -0.39 is 25.2 Å². The Morgan fingerprint density at radius 1 is 1.75 bits per heavy atom. The predicted molar refractivity (Wildman–Crippen MR) is 35.8 cm³/mol. The summed E-state index contributed by atoms with van der Waals surface area (Å²) in [4.78, 5) is 0. The van der Waals surface area contributed by atoms with Gasteiger partial charge in [-0.05, 0) is 19.6 Å². The van der Waals surface area contributed by atoms with Crippen molar-refractivity contribution < 1.29 is 14.7 Å². The molecule has 0 spiro atoms. The monoisotopic (exact) mass is 123 g/mol. The Morgan fingerprint density at radius 2 is 2.38 bits per heavy atom. The van der Waals surface area contributed by atoms with Crippen molar-refractivity contribution in [2.24, 2.45) is 0 Å². The predicted octanol–water partition coefficient (Wildman–Crippen LogP) is 1.95. The first-order valence-corrected chi connectivity index (χ1v) is 2.53. The molecule has 0 bridgehead atoms. The number of aliphatic hydroxyl groups is 1. The molecule has 0 aliphatic heterocycles. The van der Waals surface area contributed by atoms with Crippen molar-refractivity contribution in [2.75, 3.05) is 0 Å². The first-order valence-electron chi connectivity index (χ1n) is 6.03. The van der Waals surface area contributed by atoms with Crippen LogP contribution in [-0.2, 0) is 0 Å². The highest BCUT2D eigenvalue weighted by Crippen LogP contribution is 2.14. The summed E-state index contributed by atoms with van der Waals surface area (Å²) in [7, 11) is 0. The second-order valence-corrected chi connectivity index (χ2v) is 1.49. The van der Waals surface area contributed by atoms with Gasteiger partial charge in [-0.3, -0.25) is 0 Å². The molecule has 0 rings (SSSR count). The van der Waals surface area contributed by atoms with Crippen molar-refractivity contribution in [1.82, 2.24) is 0 Å². The first kappa shape index (κ1) is 1.98. The Bertz CT molecular complexity index is 212. The lowest BCUT2D eigenvalue weighted by Gasteiger charge is -2.19. The molecule has 0 fully saturated rings. The Kier molecular flexibility index (Phi) is 0.762. The lowest BCUT2D eigenvalue weighted by molar-refractivity contribution is 0.0463. The third-order valence-corrected chi connectivity index (χ3v) is 0.794. The van der Waals surface area contributed by atoms with E-state index in [2.05, 4.69) is 0 Å². The minimum Gasteiger partial charge on any atom is -0.390 e. The number of rotatable bonds is 3. The third kappa shape index (κ3) is 3.03. The van der Waals surface area contributed by atoms with Gasteiger partial charge in [0.1, 0.15) is 0 Å². The molecule has 0 amide bonds. The first-order chi connectivity index (χ1) is 6.31. The van der Waals surface area contributed by atoms with Crippen molar-refractivity contribution in [2.45, 2.75) is 45.5 Å². The second kappa shape index (κ2) is 3.08. The Balaban J connectivity index is 5.65. The van der Waals surface area contributed by atoms with Crippen molar-refractivity contribution in [1.29, 1.82) is 0 Å². The highest BCUT2D eigenvalue weighted by molar-refractivity contribution is 4.67. The van der Waals surface area contributed by atoms with E-state index in [0.717, 1.165) is 6.92 Å². The molecule has 0 saturated heterocycles. The van der Waals surface area contributed by atoms with Gasteiger partial charge < -0.3 is 5.11 Å². The van der Waals surface area contributed by atoms with E-state index >= 15 is 0 Å². The summed E-state index contributed by atoms with van der Waals surface area (Å²) in [5, 5.41) is 9.90. The van der Waals surface area contributed by atoms with Crippen molar-refractivity contribution >= 4 is 0 Å². The van der Waals surface area contributed by atoms with E-state index in [4.69, 9.17) is 9.60 Å². The van der Waals surface area contributed by atoms with Gasteiger partial charge in [0.25, 0.3) is 0 Å². The summed E-state index contributed by atoms with van der Waals surface area (Å²) < 4.78 is 50.9. The van der Waals surface area contributed by atoms with E-state index in [0.29, 0.717) is 0 Å². The standard InChI is InChI=1S/C7H16O/c1-4-6-7(3,8)5-2/h8H,4-6H2,1-3H3/i3D3,5D2,6D2. The van der Waals surface area contributed by atoms with Crippen LogP contribution in [0.4, 0.5) is 0 Å². The minimum atomic E-state index is -3.12. The van der Waals surface area contributed by atoms with Crippen molar-refractivity contribution in [3.05, 3.63) is 0 Å². The van der Waals surface area contributed by atoms with Crippen LogP contribution >= 0.6 is 0 Å². The highest BCUT2D eigenvalue weighted by Gasteiger charge is 2.14. The molecule has 0 saturated carbocycles. The van der Waals surface area contributed by atoms with Gasteiger partial charge in [0.05, 0.1) is 5.60 Å². The fourth-order valence-electron chi connectivity index (χ4n) is 0.344. The summed E-state index contributed by atoms with van der Waals surface area (Å²) in [6, 6.07) is 0. The number of hydrogen-bond donors (Lipinski definition) is 1. The molecule has 0 radical (unpaired) electrons. The van der Waals surface area contributed by atoms with Crippen LogP contribution in [0.15, 0.2) is 0 Å². The zero-order valence-electron chi connectivity index (χ0n) is 12.2. The summed E-state index contributed by atoms with van der Waals surface area (Å²) in [5.41, 5.74) is -3.01. The molecule has 8 heavy (non-hydrogen) atoms. The van der Waals surface area contributed by atoms with Gasteiger partial charge in [0.15, 0.2) is 0 Å². The largest absolute Gasteiger partial charge is 0.390 e. The van der Waals surface area contributed by atoms with Gasteiger partial charge in [0.2, 0.25) is 0 Å². The smallest absolute Gasteiger partial charge is 0.0617 e. The molecule has 0 aliphatic carbocycles. The normalized spacial score (nSPS) is 36.1. The molecule has 1 unspecified atom stereocenters. The summed E-state index contributed by atoms with van der Waals surface area (Å²) in [6.07, 6.45) is -5.36. The average Bonchev–Trinajstić information content (AvgIpc) is 1.98. The maximum atomic E-state index is 9.90. The maximum absolute atomic E-state index is 9.90. The molecule has 1 nitrogen and oxygen atoms in total. The molecular formula is C7H16O. The van der Waals surface area contributed by atoms with E-state index in [1.54, 1.807) is 0 Å². The van der Waals surface area contributed by atoms with Crippen LogP contribution < -0.4 is 0 Å². The molecule has 50 valence electrons. The van der Waals surface area contributed by atoms with Crippen LogP contribution in [0.2, 0.25) is 0 Å². The van der Waals surface area contributed by atoms with Crippen molar-refractivity contribution in [3.63, 3.8) is 0 Å². The molecule has 1 atom stereocenters. The lowest BCUT2D eigenvalue weighted by atomic mass is 9.98. The van der Waals surface area contributed by atoms with E-state index in [9.17, 15) is 5.11 Å². The van der Waals surface area contributed by atoms with Gasteiger partial charge >= 0.3 is 0 Å². The lowest BCUT2D eigenvalue weighted by Crippen LogP contribution is -2.21. The van der Waals surface area contributed by atoms with Crippen LogP contribution in [-0.4, -0.2) is 10.7 Å². The maximum Gasteiger partial charge on any atom is 0.0617 e. The summed E-state index contributed by atoms with van der Waals surface area (Å²) in [5.74, 6) is 0. The third-order valence-electron chi connectivity index (χ3n) is 0.794. The van der Waals surface area contributed by atoms with Gasteiger partial charge in [0, 0.05) is 9.60 Å². The summed E-state index contributed by atoms with van der Waals surface area (Å²) >= 11 is 0. The topological polar surface area (TPSA) is 20.2 Å². The number of hydrogen-bond acceptors (Lipinski definition) is 1. The molecule has 1 heteroatoms. The Hall–Kier alpha value is -0.0400. The van der Waals surface area contributed by atoms with E-state index in [1.165, 1.54) is 6.92 Å². The van der Waals surface area contributed by atoms with Crippen LogP contribution in [0.25, 0.3) is 0 Å². The van der Waals surface area contributed by atoms with Gasteiger partial charge in [-0.1, -0.05) is 20.3 Å². The van der Waals surface area contributed by atoms with Crippen molar-refractivity contribution in [3.8, 4) is 0 Å². The molecule has 0 heterocycles. The highest BCUT2D eigenvalue weighted by atomic mass is 16.3. The fourth-order valence-corrected chi connectivity index (χ4v) is 0.344. The van der Waals surface area contributed by atoms with Crippen LogP contribution in [0.3, 0.4) is 0 Å². The quantitative estimate of drug-likeness (QED) is 0.608. The van der Waals surface area contributed by atoms with Gasteiger partial charge in [-0.2, -0.15) is 0 Å². The molecule has 0 aliphatic rings. The zero-order chi connectivity index (χ0) is 12.7. The fraction of sp³-hybridized carbons (Fsp3) is 1.00. The molecule has 1 N–H and O–H groups in total. The summed E-state index contributed by atoms with van der Waals surface area (Å²) in [6.45, 7) is -0.889. The van der Waals surface area contributed by atoms with Crippen LogP contribution in [0.5, 0.6) is 0 Å². The molecule has 0 aromatic heterocycles. The SMILES string of the molecule is [2H]C([2H])([2H])C(O)(C([2H])([2H])C)C([2H])([2H])CC. The zero-order valence-corrected chi connectivity index (χ0v) is 5.15. The minimum absolute atomic E-state index is 0.282. The van der Waals surface area contributed by atoms with E-state index in [1.807, 2.05) is 0 Å². The van der Waals surface area contributed by atoms with Crippen LogP contribution in [0.1, 0.15) is 49.5 Å². The molecular weight excluding hydrogens is 100 g/mol. The van der Waals surface area contributed by atoms with Gasteiger partial charge in [-0.15, -0.1) is 0 Å². The molecule has 0 aromatic rings. The Labute approximate surface area is 61.6 Å². The van der Waals surface area contributed by atoms with Gasteiger partial charge in [-0.25, -0.2) is 0 Å². The molecule has 0 aromatic carbocycles. The average molecular weight is 123 g/mol. The Morgan fingerprint density at radius 3 is 2.50 bits per heavy atom.